The molecule has 1 aromatic carbocycles. The van der Waals surface area contributed by atoms with Crippen LogP contribution >= 0.6 is 0 Å². The standard InChI is InChI=1S/C18H26N6O3/c1-2-24-17(20-21-22-24)14-27-16-6-3-5-15(13-16)18(25)19-7-4-8-23-9-11-26-12-10-23/h3,5-6,13H,2,4,7-12,14H2,1H3,(H,19,25). The first-order valence-electron chi connectivity index (χ1n) is 9.32. The van der Waals surface area contributed by atoms with Gasteiger partial charge in [0.15, 0.2) is 5.82 Å². The maximum absolute atomic E-state index is 12.3. The predicted octanol–water partition coefficient (Wildman–Crippen LogP) is 0.724. The lowest BCUT2D eigenvalue weighted by Crippen LogP contribution is -2.38. The number of ether oxygens (including phenoxy) is 2. The lowest BCUT2D eigenvalue weighted by molar-refractivity contribution is 0.0374. The summed E-state index contributed by atoms with van der Waals surface area (Å²) in [5.74, 6) is 1.16. The zero-order valence-corrected chi connectivity index (χ0v) is 15.6. The lowest BCUT2D eigenvalue weighted by atomic mass is 10.2. The summed E-state index contributed by atoms with van der Waals surface area (Å²) in [6.07, 6.45) is 0.918. The number of hydrogen-bond acceptors (Lipinski definition) is 7. The second kappa shape index (κ2) is 9.98. The summed E-state index contributed by atoms with van der Waals surface area (Å²) in [7, 11) is 0. The Bertz CT molecular complexity index is 729. The van der Waals surface area contributed by atoms with Gasteiger partial charge < -0.3 is 14.8 Å². The van der Waals surface area contributed by atoms with E-state index in [0.29, 0.717) is 30.2 Å². The number of aromatic nitrogens is 4. The van der Waals surface area contributed by atoms with E-state index in [2.05, 4.69) is 25.7 Å². The Balaban J connectivity index is 1.43. The second-order valence-corrected chi connectivity index (χ2v) is 6.29. The summed E-state index contributed by atoms with van der Waals surface area (Å²) in [5, 5.41) is 14.4. The van der Waals surface area contributed by atoms with Gasteiger partial charge >= 0.3 is 0 Å². The third-order valence-corrected chi connectivity index (χ3v) is 4.41. The van der Waals surface area contributed by atoms with Crippen LogP contribution in [-0.4, -0.2) is 70.4 Å². The highest BCUT2D eigenvalue weighted by Gasteiger charge is 2.11. The predicted molar refractivity (Wildman–Crippen MR) is 98.5 cm³/mol. The van der Waals surface area contributed by atoms with Crippen molar-refractivity contribution in [1.29, 1.82) is 0 Å². The Labute approximate surface area is 158 Å². The van der Waals surface area contributed by atoms with E-state index in [1.807, 2.05) is 13.0 Å². The van der Waals surface area contributed by atoms with Gasteiger partial charge in [-0.2, -0.15) is 0 Å². The Kier molecular flexibility index (Phi) is 7.11. The first-order chi connectivity index (χ1) is 13.3. The van der Waals surface area contributed by atoms with Crippen molar-refractivity contribution in [3.63, 3.8) is 0 Å². The summed E-state index contributed by atoms with van der Waals surface area (Å²) in [4.78, 5) is 14.7. The number of aryl methyl sites for hydroxylation is 1. The van der Waals surface area contributed by atoms with Gasteiger partial charge in [-0.05, 0) is 48.5 Å². The van der Waals surface area contributed by atoms with Crippen LogP contribution in [0.1, 0.15) is 29.5 Å². The molecule has 0 atom stereocenters. The Morgan fingerprint density at radius 2 is 2.19 bits per heavy atom. The van der Waals surface area contributed by atoms with Crippen LogP contribution in [-0.2, 0) is 17.9 Å². The molecule has 2 heterocycles. The number of nitrogens with one attached hydrogen (secondary N) is 1. The largest absolute Gasteiger partial charge is 0.486 e. The molecule has 2 aromatic rings. The van der Waals surface area contributed by atoms with E-state index < -0.39 is 0 Å². The number of nitrogens with zero attached hydrogens (tertiary/aromatic N) is 5. The molecule has 9 nitrogen and oxygen atoms in total. The van der Waals surface area contributed by atoms with Gasteiger partial charge in [0, 0.05) is 31.7 Å². The summed E-state index contributed by atoms with van der Waals surface area (Å²) >= 11 is 0. The first-order valence-corrected chi connectivity index (χ1v) is 9.32. The summed E-state index contributed by atoms with van der Waals surface area (Å²) in [5.41, 5.74) is 0.578. The molecule has 1 fully saturated rings. The molecule has 1 aliphatic rings. The third kappa shape index (κ3) is 5.73. The van der Waals surface area contributed by atoms with Crippen molar-refractivity contribution in [2.24, 2.45) is 0 Å². The molecule has 0 saturated carbocycles. The van der Waals surface area contributed by atoms with Crippen LogP contribution in [0.3, 0.4) is 0 Å². The number of rotatable bonds is 9. The van der Waals surface area contributed by atoms with Gasteiger partial charge in [0.25, 0.3) is 5.91 Å². The second-order valence-electron chi connectivity index (χ2n) is 6.29. The van der Waals surface area contributed by atoms with E-state index in [-0.39, 0.29) is 12.5 Å². The minimum absolute atomic E-state index is 0.0965. The van der Waals surface area contributed by atoms with Gasteiger partial charge in [0.05, 0.1) is 13.2 Å². The van der Waals surface area contributed by atoms with E-state index in [1.54, 1.807) is 22.9 Å². The number of morpholine rings is 1. The van der Waals surface area contributed by atoms with E-state index in [1.165, 1.54) is 0 Å². The van der Waals surface area contributed by atoms with Crippen LogP contribution in [0, 0.1) is 0 Å². The molecular formula is C18H26N6O3. The van der Waals surface area contributed by atoms with Crippen molar-refractivity contribution in [3.05, 3.63) is 35.7 Å². The van der Waals surface area contributed by atoms with Gasteiger partial charge in [0.1, 0.15) is 12.4 Å². The molecule has 0 spiro atoms. The fourth-order valence-electron chi connectivity index (χ4n) is 2.88. The molecule has 1 saturated heterocycles. The maximum atomic E-state index is 12.3. The van der Waals surface area contributed by atoms with Gasteiger partial charge in [0.2, 0.25) is 0 Å². The first kappa shape index (κ1) is 19.2. The number of hydrogen-bond donors (Lipinski definition) is 1. The third-order valence-electron chi connectivity index (χ3n) is 4.41. The van der Waals surface area contributed by atoms with Gasteiger partial charge in [-0.15, -0.1) is 5.10 Å². The van der Waals surface area contributed by atoms with Gasteiger partial charge in [-0.25, -0.2) is 4.68 Å². The van der Waals surface area contributed by atoms with Crippen LogP contribution in [0.25, 0.3) is 0 Å². The number of carbonyl (C=O) groups is 1. The zero-order chi connectivity index (χ0) is 18.9. The Morgan fingerprint density at radius 3 is 3.00 bits per heavy atom. The molecule has 1 N–H and O–H groups in total. The molecule has 3 rings (SSSR count). The smallest absolute Gasteiger partial charge is 0.251 e. The monoisotopic (exact) mass is 374 g/mol. The van der Waals surface area contributed by atoms with E-state index in [9.17, 15) is 4.79 Å². The minimum atomic E-state index is -0.0965. The average molecular weight is 374 g/mol. The number of benzene rings is 1. The lowest BCUT2D eigenvalue weighted by Gasteiger charge is -2.26. The van der Waals surface area contributed by atoms with E-state index in [0.717, 1.165) is 39.3 Å². The quantitative estimate of drug-likeness (QED) is 0.647. The number of tetrazole rings is 1. The molecule has 1 aromatic heterocycles. The molecule has 0 radical (unpaired) electrons. The summed E-state index contributed by atoms with van der Waals surface area (Å²) in [6.45, 7) is 8.04. The molecule has 9 heteroatoms. The normalized spacial score (nSPS) is 14.9. The Hall–Kier alpha value is -2.52. The topological polar surface area (TPSA) is 94.4 Å². The highest BCUT2D eigenvalue weighted by Crippen LogP contribution is 2.14. The molecule has 146 valence electrons. The summed E-state index contributed by atoms with van der Waals surface area (Å²) in [6, 6.07) is 7.13. The van der Waals surface area contributed by atoms with Crippen molar-refractivity contribution in [2.75, 3.05) is 39.4 Å². The molecule has 1 amide bonds. The van der Waals surface area contributed by atoms with Crippen LogP contribution in [0.5, 0.6) is 5.75 Å². The molecule has 0 bridgehead atoms. The number of amides is 1. The van der Waals surface area contributed by atoms with Crippen LogP contribution in [0.15, 0.2) is 24.3 Å². The fraction of sp³-hybridized carbons (Fsp3) is 0.556. The van der Waals surface area contributed by atoms with Crippen molar-refractivity contribution in [2.45, 2.75) is 26.5 Å². The van der Waals surface area contributed by atoms with Crippen molar-refractivity contribution < 1.29 is 14.3 Å². The highest BCUT2D eigenvalue weighted by molar-refractivity contribution is 5.94. The van der Waals surface area contributed by atoms with Crippen LogP contribution in [0.4, 0.5) is 0 Å². The zero-order valence-electron chi connectivity index (χ0n) is 15.6. The highest BCUT2D eigenvalue weighted by atomic mass is 16.5. The maximum Gasteiger partial charge on any atom is 0.251 e. The summed E-state index contributed by atoms with van der Waals surface area (Å²) < 4.78 is 12.7. The number of carbonyl (C=O) groups excluding carboxylic acids is 1. The van der Waals surface area contributed by atoms with Gasteiger partial charge in [-0.3, -0.25) is 9.69 Å². The molecule has 0 unspecified atom stereocenters. The minimum Gasteiger partial charge on any atom is -0.486 e. The van der Waals surface area contributed by atoms with E-state index in [4.69, 9.17) is 9.47 Å². The average Bonchev–Trinajstić information content (AvgIpc) is 3.18. The molecule has 1 aliphatic heterocycles. The van der Waals surface area contributed by atoms with Crippen LogP contribution < -0.4 is 10.1 Å². The van der Waals surface area contributed by atoms with Crippen molar-refractivity contribution in [3.8, 4) is 5.75 Å². The van der Waals surface area contributed by atoms with E-state index >= 15 is 0 Å². The molecular weight excluding hydrogens is 348 g/mol. The van der Waals surface area contributed by atoms with Crippen molar-refractivity contribution >= 4 is 5.91 Å². The molecule has 0 aliphatic carbocycles. The fourth-order valence-corrected chi connectivity index (χ4v) is 2.88. The molecule has 27 heavy (non-hydrogen) atoms. The van der Waals surface area contributed by atoms with Crippen LogP contribution in [0.2, 0.25) is 0 Å². The van der Waals surface area contributed by atoms with Gasteiger partial charge in [-0.1, -0.05) is 6.07 Å². The van der Waals surface area contributed by atoms with Crippen molar-refractivity contribution in [1.82, 2.24) is 30.4 Å². The Morgan fingerprint density at radius 1 is 1.33 bits per heavy atom. The SMILES string of the molecule is CCn1nnnc1COc1cccc(C(=O)NCCCN2CCOCC2)c1.